The minimum Gasteiger partial charge on any atom is -0.495 e. The number of methoxy groups -OCH3 is 1. The van der Waals surface area contributed by atoms with E-state index in [1.807, 2.05) is 0 Å². The van der Waals surface area contributed by atoms with Crippen LogP contribution in [0.1, 0.15) is 10.4 Å². The number of piperazine rings is 1. The van der Waals surface area contributed by atoms with Crippen LogP contribution >= 0.6 is 0 Å². The van der Waals surface area contributed by atoms with Crippen molar-refractivity contribution in [3.8, 4) is 5.75 Å². The molecule has 0 bridgehead atoms. The molecule has 0 radical (unpaired) electrons. The third-order valence-corrected chi connectivity index (χ3v) is 7.30. The summed E-state index contributed by atoms with van der Waals surface area (Å²) >= 11 is 0. The van der Waals surface area contributed by atoms with Gasteiger partial charge in [-0.05, 0) is 42.5 Å². The number of halogens is 1. The van der Waals surface area contributed by atoms with Crippen molar-refractivity contribution in [1.82, 2.24) is 14.5 Å². The molecular formula is C22H29FN4O4S. The zero-order chi connectivity index (χ0) is 23.3. The summed E-state index contributed by atoms with van der Waals surface area (Å²) < 4.78 is 44.4. The third kappa shape index (κ3) is 5.56. The Kier molecular flexibility index (Phi) is 7.70. The maximum absolute atomic E-state index is 13.1. The first-order valence-corrected chi connectivity index (χ1v) is 11.8. The van der Waals surface area contributed by atoms with Gasteiger partial charge in [-0.2, -0.15) is 0 Å². The smallest absolute Gasteiger partial charge is 0.251 e. The van der Waals surface area contributed by atoms with Crippen molar-refractivity contribution < 1.29 is 22.3 Å². The number of rotatable bonds is 8. The third-order valence-electron chi connectivity index (χ3n) is 5.46. The van der Waals surface area contributed by atoms with Crippen LogP contribution in [-0.4, -0.2) is 84.0 Å². The molecule has 174 valence electrons. The fourth-order valence-corrected chi connectivity index (χ4v) is 4.60. The summed E-state index contributed by atoms with van der Waals surface area (Å²) in [6.07, 6.45) is 0. The molecule has 1 fully saturated rings. The highest BCUT2D eigenvalue weighted by Gasteiger charge is 2.24. The Labute approximate surface area is 188 Å². The van der Waals surface area contributed by atoms with E-state index in [-0.39, 0.29) is 27.9 Å². The maximum atomic E-state index is 13.1. The highest BCUT2D eigenvalue weighted by Crippen LogP contribution is 2.27. The molecule has 3 rings (SSSR count). The molecular weight excluding hydrogens is 435 g/mol. The average Bonchev–Trinajstić information content (AvgIpc) is 2.79. The Hall–Kier alpha value is -2.69. The largest absolute Gasteiger partial charge is 0.495 e. The number of benzene rings is 2. The molecule has 1 saturated heterocycles. The second kappa shape index (κ2) is 10.3. The van der Waals surface area contributed by atoms with E-state index in [4.69, 9.17) is 4.74 Å². The van der Waals surface area contributed by atoms with Gasteiger partial charge in [0.1, 0.15) is 16.5 Å². The van der Waals surface area contributed by atoms with Crippen molar-refractivity contribution in [2.24, 2.45) is 0 Å². The van der Waals surface area contributed by atoms with Crippen LogP contribution in [0.2, 0.25) is 0 Å². The lowest BCUT2D eigenvalue weighted by Crippen LogP contribution is -2.48. The van der Waals surface area contributed by atoms with Crippen molar-refractivity contribution in [3.05, 3.63) is 53.8 Å². The molecule has 10 heteroatoms. The van der Waals surface area contributed by atoms with Crippen molar-refractivity contribution in [2.75, 3.05) is 65.4 Å². The van der Waals surface area contributed by atoms with Crippen molar-refractivity contribution in [1.29, 1.82) is 0 Å². The van der Waals surface area contributed by atoms with Crippen LogP contribution < -0.4 is 15.0 Å². The Balaban J connectivity index is 1.53. The molecule has 2 aromatic rings. The van der Waals surface area contributed by atoms with Gasteiger partial charge in [-0.3, -0.25) is 9.69 Å². The monoisotopic (exact) mass is 464 g/mol. The van der Waals surface area contributed by atoms with Crippen LogP contribution in [0.3, 0.4) is 0 Å². The van der Waals surface area contributed by atoms with Gasteiger partial charge in [0.05, 0.1) is 7.11 Å². The van der Waals surface area contributed by atoms with Gasteiger partial charge in [0.15, 0.2) is 0 Å². The van der Waals surface area contributed by atoms with Crippen molar-refractivity contribution in [3.63, 3.8) is 0 Å². The summed E-state index contributed by atoms with van der Waals surface area (Å²) in [5.74, 6) is -0.395. The molecule has 0 atom stereocenters. The van der Waals surface area contributed by atoms with Crippen LogP contribution in [0.4, 0.5) is 10.1 Å². The number of amides is 1. The van der Waals surface area contributed by atoms with Gasteiger partial charge in [-0.15, -0.1) is 0 Å². The van der Waals surface area contributed by atoms with Crippen LogP contribution in [0, 0.1) is 5.82 Å². The number of nitrogens with one attached hydrogen (secondary N) is 1. The molecule has 1 N–H and O–H groups in total. The number of ether oxygens (including phenoxy) is 1. The number of carbonyl (C=O) groups is 1. The van der Waals surface area contributed by atoms with E-state index >= 15 is 0 Å². The molecule has 0 unspecified atom stereocenters. The second-order valence-corrected chi connectivity index (χ2v) is 9.83. The molecule has 0 saturated carbocycles. The lowest BCUT2D eigenvalue weighted by molar-refractivity contribution is 0.0947. The topological polar surface area (TPSA) is 82.2 Å². The zero-order valence-corrected chi connectivity index (χ0v) is 19.4. The van der Waals surface area contributed by atoms with Gasteiger partial charge in [-0.1, -0.05) is 0 Å². The molecule has 0 aromatic heterocycles. The van der Waals surface area contributed by atoms with E-state index in [2.05, 4.69) is 15.1 Å². The molecule has 0 aliphatic carbocycles. The van der Waals surface area contributed by atoms with Crippen LogP contribution in [0.15, 0.2) is 47.4 Å². The lowest BCUT2D eigenvalue weighted by Gasteiger charge is -2.36. The molecule has 1 aliphatic heterocycles. The minimum absolute atomic E-state index is 0.0467. The summed E-state index contributed by atoms with van der Waals surface area (Å²) in [7, 11) is 0.495. The lowest BCUT2D eigenvalue weighted by atomic mass is 10.2. The van der Waals surface area contributed by atoms with Gasteiger partial charge < -0.3 is 15.0 Å². The predicted molar refractivity (Wildman–Crippen MR) is 121 cm³/mol. The molecule has 2 aromatic carbocycles. The Bertz CT molecular complexity index is 1040. The molecule has 1 heterocycles. The Morgan fingerprint density at radius 2 is 1.75 bits per heavy atom. The normalized spacial score (nSPS) is 15.1. The first-order chi connectivity index (χ1) is 15.2. The Morgan fingerprint density at radius 1 is 1.09 bits per heavy atom. The molecule has 8 nitrogen and oxygen atoms in total. The van der Waals surface area contributed by atoms with Gasteiger partial charge in [-0.25, -0.2) is 17.1 Å². The Morgan fingerprint density at radius 3 is 2.34 bits per heavy atom. The van der Waals surface area contributed by atoms with Crippen molar-refractivity contribution in [2.45, 2.75) is 4.90 Å². The highest BCUT2D eigenvalue weighted by molar-refractivity contribution is 7.89. The SMILES string of the molecule is COc1ccc(C(=O)NCCN2CCN(c3ccc(F)cc3)CC2)cc1S(=O)(=O)N(C)C. The van der Waals surface area contributed by atoms with Crippen molar-refractivity contribution >= 4 is 21.6 Å². The number of sulfonamides is 1. The number of hydrogen-bond acceptors (Lipinski definition) is 6. The van der Waals surface area contributed by atoms with Gasteiger partial charge in [0.2, 0.25) is 10.0 Å². The summed E-state index contributed by atoms with van der Waals surface area (Å²) in [5.41, 5.74) is 1.26. The zero-order valence-electron chi connectivity index (χ0n) is 18.5. The van der Waals surface area contributed by atoms with E-state index in [0.29, 0.717) is 13.1 Å². The molecule has 1 aliphatic rings. The van der Waals surface area contributed by atoms with Gasteiger partial charge >= 0.3 is 0 Å². The van der Waals surface area contributed by atoms with Crippen LogP contribution in [-0.2, 0) is 10.0 Å². The summed E-state index contributed by atoms with van der Waals surface area (Å²) in [5, 5.41) is 2.86. The second-order valence-electron chi connectivity index (χ2n) is 7.71. The standard InChI is InChI=1S/C22H29FN4O4S/c1-25(2)32(29,30)21-16-17(4-9-20(21)31-3)22(28)24-10-11-26-12-14-27(15-13-26)19-7-5-18(23)6-8-19/h4-9,16H,10-15H2,1-3H3,(H,24,28). The molecule has 1 amide bonds. The highest BCUT2D eigenvalue weighted by atomic mass is 32.2. The van der Waals surface area contributed by atoms with E-state index in [0.717, 1.165) is 36.2 Å². The first kappa shape index (κ1) is 24.0. The van der Waals surface area contributed by atoms with E-state index in [1.54, 1.807) is 18.2 Å². The maximum Gasteiger partial charge on any atom is 0.251 e. The summed E-state index contributed by atoms with van der Waals surface area (Å²) in [6.45, 7) is 4.44. The molecule has 0 spiro atoms. The van der Waals surface area contributed by atoms with E-state index in [1.165, 1.54) is 45.5 Å². The first-order valence-electron chi connectivity index (χ1n) is 10.3. The predicted octanol–water partition coefficient (Wildman–Crippen LogP) is 1.64. The van der Waals surface area contributed by atoms with Gasteiger partial charge in [0.25, 0.3) is 5.91 Å². The number of carbonyl (C=O) groups excluding carboxylic acids is 1. The summed E-state index contributed by atoms with van der Waals surface area (Å²) in [4.78, 5) is 17.0. The number of anilines is 1. The number of nitrogens with zero attached hydrogens (tertiary/aromatic N) is 3. The van der Waals surface area contributed by atoms with Gasteiger partial charge in [0, 0.05) is 64.6 Å². The van der Waals surface area contributed by atoms with Crippen LogP contribution in [0.25, 0.3) is 0 Å². The van der Waals surface area contributed by atoms with E-state index < -0.39 is 10.0 Å². The molecule has 32 heavy (non-hydrogen) atoms. The fraction of sp³-hybridized carbons (Fsp3) is 0.409. The number of hydrogen-bond donors (Lipinski definition) is 1. The fourth-order valence-electron chi connectivity index (χ4n) is 3.53. The minimum atomic E-state index is -3.75. The van der Waals surface area contributed by atoms with E-state index in [9.17, 15) is 17.6 Å². The summed E-state index contributed by atoms with van der Waals surface area (Å²) in [6, 6.07) is 10.9. The van der Waals surface area contributed by atoms with Crippen LogP contribution in [0.5, 0.6) is 5.75 Å². The quantitative estimate of drug-likeness (QED) is 0.640. The average molecular weight is 465 g/mol.